The SMILES string of the molecule is COC(=O)C1(C(C)C)OC12CCCSCC2. The number of esters is 1. The molecule has 2 atom stereocenters. The Morgan fingerprint density at radius 2 is 2.12 bits per heavy atom. The van der Waals surface area contributed by atoms with Crippen LogP contribution in [-0.2, 0) is 14.3 Å². The summed E-state index contributed by atoms with van der Waals surface area (Å²) in [6.07, 6.45) is 3.11. The average Bonchev–Trinajstić information content (AvgIpc) is 2.98. The Kier molecular flexibility index (Phi) is 3.23. The number of ether oxygens (including phenoxy) is 2. The summed E-state index contributed by atoms with van der Waals surface area (Å²) >= 11 is 1.96. The zero-order valence-corrected chi connectivity index (χ0v) is 11.1. The summed E-state index contributed by atoms with van der Waals surface area (Å²) < 4.78 is 10.9. The predicted molar refractivity (Wildman–Crippen MR) is 64.6 cm³/mol. The third kappa shape index (κ3) is 1.58. The number of carbonyl (C=O) groups is 1. The molecule has 2 heterocycles. The molecule has 2 unspecified atom stereocenters. The van der Waals surface area contributed by atoms with Crippen LogP contribution >= 0.6 is 11.8 Å². The second-order valence-corrected chi connectivity index (χ2v) is 6.17. The summed E-state index contributed by atoms with van der Waals surface area (Å²) in [7, 11) is 1.45. The minimum atomic E-state index is -0.660. The number of carbonyl (C=O) groups excluding carboxylic acids is 1. The predicted octanol–water partition coefficient (Wildman–Crippen LogP) is 2.24. The van der Waals surface area contributed by atoms with Crippen molar-refractivity contribution < 1.29 is 14.3 Å². The molecular formula is C12H20O3S. The maximum atomic E-state index is 12.0. The third-order valence-electron chi connectivity index (χ3n) is 3.81. The van der Waals surface area contributed by atoms with E-state index >= 15 is 0 Å². The Morgan fingerprint density at radius 3 is 2.75 bits per heavy atom. The van der Waals surface area contributed by atoms with E-state index in [1.165, 1.54) is 12.9 Å². The quantitative estimate of drug-likeness (QED) is 0.551. The highest BCUT2D eigenvalue weighted by Gasteiger charge is 2.75. The van der Waals surface area contributed by atoms with E-state index in [4.69, 9.17) is 9.47 Å². The highest BCUT2D eigenvalue weighted by Crippen LogP contribution is 2.59. The van der Waals surface area contributed by atoms with Gasteiger partial charge in [-0.25, -0.2) is 4.79 Å². The largest absolute Gasteiger partial charge is 0.467 e. The summed E-state index contributed by atoms with van der Waals surface area (Å²) in [4.78, 5) is 12.0. The Balaban J connectivity index is 2.21. The summed E-state index contributed by atoms with van der Waals surface area (Å²) in [6, 6.07) is 0. The zero-order valence-electron chi connectivity index (χ0n) is 10.2. The smallest absolute Gasteiger partial charge is 0.341 e. The maximum absolute atomic E-state index is 12.0. The second-order valence-electron chi connectivity index (χ2n) is 4.94. The van der Waals surface area contributed by atoms with Gasteiger partial charge in [0.1, 0.15) is 5.60 Å². The first-order valence-electron chi connectivity index (χ1n) is 5.95. The Labute approximate surface area is 101 Å². The zero-order chi connectivity index (χ0) is 11.8. The van der Waals surface area contributed by atoms with Crippen molar-refractivity contribution in [2.45, 2.75) is 44.3 Å². The highest BCUT2D eigenvalue weighted by molar-refractivity contribution is 7.99. The molecule has 16 heavy (non-hydrogen) atoms. The fourth-order valence-corrected chi connectivity index (χ4v) is 3.97. The Morgan fingerprint density at radius 1 is 1.38 bits per heavy atom. The van der Waals surface area contributed by atoms with Crippen LogP contribution in [0.25, 0.3) is 0 Å². The van der Waals surface area contributed by atoms with Crippen LogP contribution in [0.5, 0.6) is 0 Å². The van der Waals surface area contributed by atoms with Gasteiger partial charge in [-0.15, -0.1) is 0 Å². The lowest BCUT2D eigenvalue weighted by molar-refractivity contribution is -0.148. The highest BCUT2D eigenvalue weighted by atomic mass is 32.2. The lowest BCUT2D eigenvalue weighted by atomic mass is 9.79. The van der Waals surface area contributed by atoms with E-state index in [2.05, 4.69) is 0 Å². The maximum Gasteiger partial charge on any atom is 0.341 e. The van der Waals surface area contributed by atoms with Gasteiger partial charge in [0.2, 0.25) is 0 Å². The molecular weight excluding hydrogens is 224 g/mol. The van der Waals surface area contributed by atoms with Crippen molar-refractivity contribution in [3.8, 4) is 0 Å². The first-order chi connectivity index (χ1) is 7.59. The van der Waals surface area contributed by atoms with Crippen molar-refractivity contribution in [1.29, 1.82) is 0 Å². The van der Waals surface area contributed by atoms with Crippen LogP contribution in [0.4, 0.5) is 0 Å². The van der Waals surface area contributed by atoms with Crippen LogP contribution in [0.1, 0.15) is 33.1 Å². The van der Waals surface area contributed by atoms with Gasteiger partial charge in [-0.3, -0.25) is 0 Å². The topological polar surface area (TPSA) is 38.8 Å². The molecule has 2 rings (SSSR count). The van der Waals surface area contributed by atoms with Gasteiger partial charge in [0.05, 0.1) is 7.11 Å². The lowest BCUT2D eigenvalue weighted by Gasteiger charge is -2.19. The molecule has 0 radical (unpaired) electrons. The monoisotopic (exact) mass is 244 g/mol. The molecule has 0 bridgehead atoms. The van der Waals surface area contributed by atoms with Crippen LogP contribution in [0, 0.1) is 5.92 Å². The Hall–Kier alpha value is -0.220. The average molecular weight is 244 g/mol. The van der Waals surface area contributed by atoms with Crippen molar-refractivity contribution in [1.82, 2.24) is 0 Å². The third-order valence-corrected chi connectivity index (χ3v) is 4.88. The molecule has 3 nitrogen and oxygen atoms in total. The van der Waals surface area contributed by atoms with Gasteiger partial charge in [0.25, 0.3) is 0 Å². The van der Waals surface area contributed by atoms with Crippen LogP contribution < -0.4 is 0 Å². The van der Waals surface area contributed by atoms with Crippen LogP contribution in [0.15, 0.2) is 0 Å². The molecule has 1 spiro atoms. The lowest BCUT2D eigenvalue weighted by Crippen LogP contribution is -2.40. The normalized spacial score (nSPS) is 38.5. The van der Waals surface area contributed by atoms with Crippen molar-refractivity contribution in [2.24, 2.45) is 5.92 Å². The first-order valence-corrected chi connectivity index (χ1v) is 7.11. The molecule has 0 saturated carbocycles. The minimum absolute atomic E-state index is 0.183. The fourth-order valence-electron chi connectivity index (χ4n) is 2.94. The van der Waals surface area contributed by atoms with Crippen molar-refractivity contribution in [2.75, 3.05) is 18.6 Å². The van der Waals surface area contributed by atoms with Crippen LogP contribution in [-0.4, -0.2) is 35.8 Å². The second kappa shape index (κ2) is 4.22. The molecule has 2 fully saturated rings. The molecule has 92 valence electrons. The standard InChI is InChI=1S/C12H20O3S/c1-9(2)12(10(13)14-3)11(15-12)5-4-7-16-8-6-11/h9H,4-8H2,1-3H3. The van der Waals surface area contributed by atoms with Gasteiger partial charge in [-0.05, 0) is 36.7 Å². The van der Waals surface area contributed by atoms with E-state index in [9.17, 15) is 4.79 Å². The number of hydrogen-bond donors (Lipinski definition) is 0. The van der Waals surface area contributed by atoms with Gasteiger partial charge in [-0.1, -0.05) is 13.8 Å². The molecule has 0 aliphatic carbocycles. The molecule has 0 amide bonds. The van der Waals surface area contributed by atoms with Crippen LogP contribution in [0.3, 0.4) is 0 Å². The van der Waals surface area contributed by atoms with Gasteiger partial charge < -0.3 is 9.47 Å². The summed E-state index contributed by atoms with van der Waals surface area (Å²) in [5.41, 5.74) is -0.885. The molecule has 2 saturated heterocycles. The number of methoxy groups -OCH3 is 1. The van der Waals surface area contributed by atoms with Gasteiger partial charge in [0.15, 0.2) is 5.60 Å². The number of epoxide rings is 1. The van der Waals surface area contributed by atoms with E-state index in [-0.39, 0.29) is 17.5 Å². The molecule has 4 heteroatoms. The minimum Gasteiger partial charge on any atom is -0.467 e. The van der Waals surface area contributed by atoms with E-state index in [1.807, 2.05) is 25.6 Å². The van der Waals surface area contributed by atoms with E-state index < -0.39 is 5.60 Å². The van der Waals surface area contributed by atoms with E-state index in [0.717, 1.165) is 25.0 Å². The number of hydrogen-bond acceptors (Lipinski definition) is 4. The molecule has 0 aromatic rings. The van der Waals surface area contributed by atoms with Gasteiger partial charge >= 0.3 is 5.97 Å². The molecule has 2 aliphatic rings. The first kappa shape index (κ1) is 12.2. The van der Waals surface area contributed by atoms with Crippen LogP contribution in [0.2, 0.25) is 0 Å². The van der Waals surface area contributed by atoms with Crippen molar-refractivity contribution in [3.05, 3.63) is 0 Å². The summed E-state index contributed by atoms with van der Waals surface area (Å²) in [6.45, 7) is 4.09. The fraction of sp³-hybridized carbons (Fsp3) is 0.917. The molecule has 0 aromatic carbocycles. The van der Waals surface area contributed by atoms with E-state index in [0.29, 0.717) is 0 Å². The summed E-state index contributed by atoms with van der Waals surface area (Å²) in [5.74, 6) is 2.27. The molecule has 2 aliphatic heterocycles. The van der Waals surface area contributed by atoms with Gasteiger partial charge in [-0.2, -0.15) is 11.8 Å². The van der Waals surface area contributed by atoms with Crippen molar-refractivity contribution in [3.63, 3.8) is 0 Å². The summed E-state index contributed by atoms with van der Waals surface area (Å²) in [5, 5.41) is 0. The number of thioether (sulfide) groups is 1. The molecule has 0 N–H and O–H groups in total. The van der Waals surface area contributed by atoms with E-state index in [1.54, 1.807) is 0 Å². The Bertz CT molecular complexity index is 282. The molecule has 0 aromatic heterocycles. The van der Waals surface area contributed by atoms with Crippen molar-refractivity contribution >= 4 is 17.7 Å². The van der Waals surface area contributed by atoms with Gasteiger partial charge in [0, 0.05) is 0 Å². The number of rotatable bonds is 2.